The van der Waals surface area contributed by atoms with Gasteiger partial charge >= 0.3 is 6.09 Å². The fourth-order valence-electron chi connectivity index (χ4n) is 4.36. The van der Waals surface area contributed by atoms with Crippen LogP contribution in [0.2, 0.25) is 18.1 Å². The van der Waals surface area contributed by atoms with Crippen LogP contribution in [-0.2, 0) is 23.4 Å². The second-order valence-corrected chi connectivity index (χ2v) is 18.8. The number of aromatic nitrogens is 2. The molecule has 206 valence electrons. The summed E-state index contributed by atoms with van der Waals surface area (Å²) in [5.41, 5.74) is 0.254. The number of nitrogens with one attached hydrogen (secondary N) is 1. The molecule has 4 atom stereocenters. The molecule has 2 aromatic heterocycles. The van der Waals surface area contributed by atoms with Crippen molar-refractivity contribution in [3.8, 4) is 0 Å². The first-order valence-corrected chi connectivity index (χ1v) is 16.5. The molecule has 9 nitrogen and oxygen atoms in total. The molecule has 1 amide bonds. The minimum atomic E-state index is -2.02. The third-order valence-electron chi connectivity index (χ3n) is 7.26. The summed E-state index contributed by atoms with van der Waals surface area (Å²) in [7, 11) is -2.02. The van der Waals surface area contributed by atoms with Crippen molar-refractivity contribution in [2.45, 2.75) is 116 Å². The Labute approximate surface area is 224 Å². The number of amides is 1. The summed E-state index contributed by atoms with van der Waals surface area (Å²) in [5.74, 6) is -0.349. The van der Waals surface area contributed by atoms with Crippen LogP contribution in [0.1, 0.15) is 74.0 Å². The maximum atomic E-state index is 12.4. The molecule has 2 aliphatic rings. The lowest BCUT2D eigenvalue weighted by Gasteiger charge is -2.40. The highest BCUT2D eigenvalue weighted by Gasteiger charge is 2.62. The van der Waals surface area contributed by atoms with Gasteiger partial charge in [0.05, 0.1) is 16.8 Å². The molecule has 0 unspecified atom stereocenters. The van der Waals surface area contributed by atoms with Crippen molar-refractivity contribution in [3.63, 3.8) is 0 Å². The van der Waals surface area contributed by atoms with Crippen LogP contribution >= 0.6 is 11.3 Å². The quantitative estimate of drug-likeness (QED) is 0.426. The molecule has 0 saturated carbocycles. The number of hydrogen-bond acceptors (Lipinski definition) is 9. The van der Waals surface area contributed by atoms with Gasteiger partial charge < -0.3 is 23.4 Å². The van der Waals surface area contributed by atoms with Crippen molar-refractivity contribution in [3.05, 3.63) is 17.3 Å². The van der Waals surface area contributed by atoms with E-state index in [1.807, 2.05) is 46.9 Å². The van der Waals surface area contributed by atoms with E-state index in [4.69, 9.17) is 23.4 Å². The Hall–Kier alpha value is -1.63. The molecular weight excluding hydrogens is 510 g/mol. The summed E-state index contributed by atoms with van der Waals surface area (Å²) in [5, 5.41) is 4.83. The van der Waals surface area contributed by atoms with Crippen LogP contribution in [0.5, 0.6) is 0 Å². The molecule has 4 rings (SSSR count). The third kappa shape index (κ3) is 5.72. The first kappa shape index (κ1) is 28.4. The van der Waals surface area contributed by atoms with Crippen molar-refractivity contribution in [2.24, 2.45) is 0 Å². The Morgan fingerprint density at radius 2 is 1.78 bits per heavy atom. The monoisotopic (exact) mass is 551 g/mol. The van der Waals surface area contributed by atoms with E-state index in [2.05, 4.69) is 49.1 Å². The number of anilines is 1. The number of nitrogens with zero attached hydrogens (tertiary/aromatic N) is 2. The Kier molecular flexibility index (Phi) is 7.08. The molecule has 0 radical (unpaired) electrons. The van der Waals surface area contributed by atoms with Crippen molar-refractivity contribution in [1.82, 2.24) is 9.97 Å². The summed E-state index contributed by atoms with van der Waals surface area (Å²) in [6.45, 7) is 22.9. The van der Waals surface area contributed by atoms with Crippen molar-refractivity contribution >= 4 is 41.8 Å². The number of carbonyl (C=O) groups excluding carboxylic acids is 1. The smallest absolute Gasteiger partial charge is 0.413 e. The van der Waals surface area contributed by atoms with Crippen molar-refractivity contribution < 1.29 is 28.2 Å². The van der Waals surface area contributed by atoms with E-state index < -0.39 is 37.5 Å². The standard InChI is InChI=1S/C26H41N3O6SSi/c1-23(2,3)35-22(30)29-21-19-16(27-14-28-21)15(12-36-19)17-18-20(34-25(7,8)32-18)26(9,33-17)13-31-37(10,11)24(4,5)6/h12,14,17-18,20H,13H2,1-11H3,(H,27,28,29,30)/t17-,18-,20-,26+/m0/s1. The van der Waals surface area contributed by atoms with E-state index >= 15 is 0 Å². The second kappa shape index (κ2) is 9.24. The van der Waals surface area contributed by atoms with Gasteiger partial charge in [-0.05, 0) is 65.1 Å². The van der Waals surface area contributed by atoms with Gasteiger partial charge in [-0.2, -0.15) is 0 Å². The molecule has 11 heteroatoms. The third-order valence-corrected chi connectivity index (χ3v) is 12.7. The lowest BCUT2D eigenvalue weighted by atomic mass is 9.96. The number of ether oxygens (including phenoxy) is 4. The second-order valence-electron chi connectivity index (χ2n) is 13.1. The number of fused-ring (bicyclic) bond motifs is 2. The van der Waals surface area contributed by atoms with Gasteiger partial charge in [0.1, 0.15) is 35.8 Å². The molecule has 0 spiro atoms. The Balaban J connectivity index is 1.64. The zero-order valence-electron chi connectivity index (χ0n) is 23.8. The highest BCUT2D eigenvalue weighted by molar-refractivity contribution is 7.18. The minimum absolute atomic E-state index is 0.0745. The van der Waals surface area contributed by atoms with Gasteiger partial charge in [-0.15, -0.1) is 11.3 Å². The zero-order chi connectivity index (χ0) is 27.6. The lowest BCUT2D eigenvalue weighted by Crippen LogP contribution is -2.50. The highest BCUT2D eigenvalue weighted by atomic mass is 32.1. The Morgan fingerprint density at radius 3 is 2.41 bits per heavy atom. The van der Waals surface area contributed by atoms with E-state index in [0.29, 0.717) is 17.9 Å². The Bertz CT molecular complexity index is 1170. The normalized spacial score (nSPS) is 27.9. The molecular formula is C26H41N3O6SSi. The molecule has 2 aliphatic heterocycles. The molecule has 1 N–H and O–H groups in total. The van der Waals surface area contributed by atoms with E-state index in [1.54, 1.807) is 0 Å². The summed E-state index contributed by atoms with van der Waals surface area (Å²) >= 11 is 1.45. The van der Waals surface area contributed by atoms with Crippen LogP contribution < -0.4 is 5.32 Å². The van der Waals surface area contributed by atoms with E-state index in [-0.39, 0.29) is 17.2 Å². The Morgan fingerprint density at radius 1 is 1.11 bits per heavy atom. The fourth-order valence-corrected chi connectivity index (χ4v) is 6.43. The molecule has 2 fully saturated rings. The first-order valence-electron chi connectivity index (χ1n) is 12.7. The van der Waals surface area contributed by atoms with Gasteiger partial charge in [0.15, 0.2) is 19.9 Å². The SMILES string of the molecule is CC(C)(C)OC(=O)Nc1ncnc2c([C@@H]3O[C@](C)(CO[Si](C)(C)C(C)(C)C)[C@H]4OC(C)(C)O[C@@H]34)csc12. The van der Waals surface area contributed by atoms with Gasteiger partial charge in [-0.25, -0.2) is 14.8 Å². The number of hydrogen-bond donors (Lipinski definition) is 1. The fraction of sp³-hybridized carbons (Fsp3) is 0.731. The predicted octanol–water partition coefficient (Wildman–Crippen LogP) is 6.41. The average Bonchev–Trinajstić information content (AvgIpc) is 3.36. The average molecular weight is 552 g/mol. The summed E-state index contributed by atoms with van der Waals surface area (Å²) in [4.78, 5) is 21.2. The molecule has 4 heterocycles. The predicted molar refractivity (Wildman–Crippen MR) is 146 cm³/mol. The zero-order valence-corrected chi connectivity index (χ0v) is 25.7. The molecule has 0 bridgehead atoms. The minimum Gasteiger partial charge on any atom is -0.444 e. The molecule has 0 aromatic carbocycles. The van der Waals surface area contributed by atoms with Crippen LogP contribution in [0.4, 0.5) is 10.6 Å². The van der Waals surface area contributed by atoms with Crippen molar-refractivity contribution in [1.29, 1.82) is 0 Å². The van der Waals surface area contributed by atoms with Crippen LogP contribution in [0.15, 0.2) is 11.7 Å². The van der Waals surface area contributed by atoms with Crippen LogP contribution in [0.3, 0.4) is 0 Å². The van der Waals surface area contributed by atoms with Gasteiger partial charge in [-0.1, -0.05) is 20.8 Å². The van der Waals surface area contributed by atoms with Crippen molar-refractivity contribution in [2.75, 3.05) is 11.9 Å². The van der Waals surface area contributed by atoms with Gasteiger partial charge in [0.25, 0.3) is 0 Å². The molecule has 0 aliphatic carbocycles. The molecule has 2 saturated heterocycles. The maximum absolute atomic E-state index is 12.4. The van der Waals surface area contributed by atoms with Gasteiger partial charge in [0, 0.05) is 5.56 Å². The summed E-state index contributed by atoms with van der Waals surface area (Å²) < 4.78 is 32.3. The van der Waals surface area contributed by atoms with Gasteiger partial charge in [0.2, 0.25) is 0 Å². The lowest BCUT2D eigenvalue weighted by molar-refractivity contribution is -0.211. The van der Waals surface area contributed by atoms with E-state index in [1.165, 1.54) is 17.7 Å². The van der Waals surface area contributed by atoms with Crippen LogP contribution in [0.25, 0.3) is 10.2 Å². The largest absolute Gasteiger partial charge is 0.444 e. The highest BCUT2D eigenvalue weighted by Crippen LogP contribution is 2.52. The number of thiophene rings is 1. The summed E-state index contributed by atoms with van der Waals surface area (Å²) in [6, 6.07) is 0. The summed E-state index contributed by atoms with van der Waals surface area (Å²) in [6.07, 6.45) is -0.193. The van der Waals surface area contributed by atoms with E-state index in [0.717, 1.165) is 10.3 Å². The topological polar surface area (TPSA) is 101 Å². The molecule has 2 aromatic rings. The van der Waals surface area contributed by atoms with E-state index in [9.17, 15) is 4.79 Å². The number of carbonyl (C=O) groups is 1. The van der Waals surface area contributed by atoms with Crippen LogP contribution in [-0.4, -0.2) is 60.2 Å². The first-order chi connectivity index (χ1) is 16.8. The van der Waals surface area contributed by atoms with Crippen LogP contribution in [0, 0.1) is 0 Å². The number of rotatable bonds is 5. The molecule has 37 heavy (non-hydrogen) atoms. The van der Waals surface area contributed by atoms with Gasteiger partial charge in [-0.3, -0.25) is 5.32 Å². The maximum Gasteiger partial charge on any atom is 0.413 e.